The summed E-state index contributed by atoms with van der Waals surface area (Å²) < 4.78 is 1.11. The van der Waals surface area contributed by atoms with E-state index < -0.39 is 0 Å². The van der Waals surface area contributed by atoms with Crippen LogP contribution in [0.2, 0.25) is 0 Å². The lowest BCUT2D eigenvalue weighted by Gasteiger charge is -2.33. The van der Waals surface area contributed by atoms with Gasteiger partial charge in [0.25, 0.3) is 0 Å². The normalized spacial score (nSPS) is 23.7. The van der Waals surface area contributed by atoms with Crippen molar-refractivity contribution in [1.29, 1.82) is 0 Å². The largest absolute Gasteiger partial charge is 0.391 e. The van der Waals surface area contributed by atoms with E-state index in [-0.39, 0.29) is 6.10 Å². The van der Waals surface area contributed by atoms with Gasteiger partial charge >= 0.3 is 0 Å². The Morgan fingerprint density at radius 3 is 2.89 bits per heavy atom. The monoisotopic (exact) mass is 324 g/mol. The van der Waals surface area contributed by atoms with Crippen LogP contribution in [0, 0.1) is 0 Å². The quantitative estimate of drug-likeness (QED) is 0.893. The van der Waals surface area contributed by atoms with Crippen molar-refractivity contribution < 1.29 is 5.11 Å². The molecule has 1 unspecified atom stereocenters. The molecule has 3 nitrogen and oxygen atoms in total. The van der Waals surface area contributed by atoms with E-state index in [2.05, 4.69) is 44.3 Å². The van der Waals surface area contributed by atoms with Gasteiger partial charge in [-0.3, -0.25) is 0 Å². The van der Waals surface area contributed by atoms with Crippen molar-refractivity contribution in [3.8, 4) is 0 Å². The summed E-state index contributed by atoms with van der Waals surface area (Å²) in [4.78, 5) is 2.32. The maximum absolute atomic E-state index is 9.86. The van der Waals surface area contributed by atoms with E-state index in [9.17, 15) is 5.11 Å². The van der Waals surface area contributed by atoms with E-state index in [0.29, 0.717) is 0 Å². The number of nitrogens with zero attached hydrogens (tertiary/aromatic N) is 1. The Kier molecular flexibility index (Phi) is 4.10. The van der Waals surface area contributed by atoms with Gasteiger partial charge in [-0.25, -0.2) is 0 Å². The van der Waals surface area contributed by atoms with Gasteiger partial charge in [0.1, 0.15) is 0 Å². The molecule has 0 bridgehead atoms. The summed E-state index contributed by atoms with van der Waals surface area (Å²) in [5.41, 5.74) is 2.60. The van der Waals surface area contributed by atoms with Gasteiger partial charge < -0.3 is 15.3 Å². The molecule has 3 rings (SSSR count). The molecule has 19 heavy (non-hydrogen) atoms. The Morgan fingerprint density at radius 1 is 1.32 bits per heavy atom. The molecular formula is C15H21BrN2O. The van der Waals surface area contributed by atoms with Crippen molar-refractivity contribution >= 4 is 21.6 Å². The number of hydrogen-bond donors (Lipinski definition) is 2. The molecule has 0 amide bonds. The van der Waals surface area contributed by atoms with Gasteiger partial charge in [0, 0.05) is 35.8 Å². The second kappa shape index (κ2) is 5.81. The number of anilines is 1. The first-order chi connectivity index (χ1) is 9.22. The van der Waals surface area contributed by atoms with Crippen LogP contribution in [0.25, 0.3) is 0 Å². The zero-order valence-electron chi connectivity index (χ0n) is 11.1. The van der Waals surface area contributed by atoms with Gasteiger partial charge in [-0.05, 0) is 43.4 Å². The summed E-state index contributed by atoms with van der Waals surface area (Å²) in [6.45, 7) is 2.73. The number of β-amino-alcohol motifs (C(OH)–C–C–N with tert-alkyl or cyclic N) is 1. The van der Waals surface area contributed by atoms with E-state index in [1.165, 1.54) is 24.1 Å². The van der Waals surface area contributed by atoms with Crippen LogP contribution in [0.5, 0.6) is 0 Å². The molecular weight excluding hydrogens is 304 g/mol. The number of benzene rings is 1. The molecule has 0 radical (unpaired) electrons. The minimum absolute atomic E-state index is 0.183. The molecule has 1 aliphatic heterocycles. The molecule has 1 aromatic rings. The van der Waals surface area contributed by atoms with Crippen molar-refractivity contribution in [3.63, 3.8) is 0 Å². The van der Waals surface area contributed by atoms with E-state index in [1.54, 1.807) is 0 Å². The number of aliphatic hydroxyl groups excluding tert-OH is 1. The van der Waals surface area contributed by atoms with Crippen LogP contribution in [0.15, 0.2) is 22.7 Å². The first-order valence-corrected chi connectivity index (χ1v) is 7.96. The zero-order chi connectivity index (χ0) is 13.2. The molecule has 2 fully saturated rings. The number of nitrogens with one attached hydrogen (secondary N) is 1. The van der Waals surface area contributed by atoms with Gasteiger partial charge in [-0.2, -0.15) is 0 Å². The standard InChI is InChI=1S/C15H21BrN2O/c16-12-4-3-11(9-17-13-5-6-13)15(8-12)18-7-1-2-14(19)10-18/h3-4,8,13-14,17,19H,1-2,5-7,9-10H2. The molecule has 4 heteroatoms. The van der Waals surface area contributed by atoms with Crippen LogP contribution >= 0.6 is 15.9 Å². The SMILES string of the molecule is OC1CCCN(c2cc(Br)ccc2CNC2CC2)C1. The maximum Gasteiger partial charge on any atom is 0.0715 e. The maximum atomic E-state index is 9.86. The summed E-state index contributed by atoms with van der Waals surface area (Å²) >= 11 is 3.56. The third kappa shape index (κ3) is 3.50. The topological polar surface area (TPSA) is 35.5 Å². The number of halogens is 1. The third-order valence-corrected chi connectivity index (χ3v) is 4.44. The molecule has 1 aromatic carbocycles. The summed E-state index contributed by atoms with van der Waals surface area (Å²) in [7, 11) is 0. The average molecular weight is 325 g/mol. The minimum Gasteiger partial charge on any atom is -0.391 e. The molecule has 1 heterocycles. The van der Waals surface area contributed by atoms with Crippen LogP contribution < -0.4 is 10.2 Å². The zero-order valence-corrected chi connectivity index (χ0v) is 12.7. The van der Waals surface area contributed by atoms with Crippen LogP contribution in [-0.2, 0) is 6.54 Å². The second-order valence-corrected chi connectivity index (χ2v) is 6.59. The number of aliphatic hydroxyl groups is 1. The first-order valence-electron chi connectivity index (χ1n) is 7.17. The highest BCUT2D eigenvalue weighted by molar-refractivity contribution is 9.10. The Bertz CT molecular complexity index is 448. The fraction of sp³-hybridized carbons (Fsp3) is 0.600. The van der Waals surface area contributed by atoms with E-state index in [4.69, 9.17) is 0 Å². The third-order valence-electron chi connectivity index (χ3n) is 3.94. The van der Waals surface area contributed by atoms with Gasteiger partial charge in [-0.1, -0.05) is 22.0 Å². The Balaban J connectivity index is 1.77. The molecule has 1 aliphatic carbocycles. The van der Waals surface area contributed by atoms with Gasteiger partial charge in [0.15, 0.2) is 0 Å². The molecule has 1 atom stereocenters. The molecule has 104 valence electrons. The first kappa shape index (κ1) is 13.4. The summed E-state index contributed by atoms with van der Waals surface area (Å²) in [6.07, 6.45) is 4.45. The van der Waals surface area contributed by atoms with Crippen LogP contribution in [-0.4, -0.2) is 30.3 Å². The molecule has 0 aromatic heterocycles. The van der Waals surface area contributed by atoms with Crippen LogP contribution in [0.1, 0.15) is 31.2 Å². The van der Waals surface area contributed by atoms with Crippen molar-refractivity contribution in [3.05, 3.63) is 28.2 Å². The van der Waals surface area contributed by atoms with Gasteiger partial charge in [0.05, 0.1) is 6.10 Å². The molecule has 1 saturated heterocycles. The van der Waals surface area contributed by atoms with Crippen molar-refractivity contribution in [2.45, 2.75) is 44.4 Å². The predicted molar refractivity (Wildman–Crippen MR) is 81.5 cm³/mol. The predicted octanol–water partition coefficient (Wildman–Crippen LogP) is 2.66. The van der Waals surface area contributed by atoms with E-state index >= 15 is 0 Å². The molecule has 0 spiro atoms. The summed E-state index contributed by atoms with van der Waals surface area (Å²) in [6, 6.07) is 7.20. The molecule has 2 aliphatic rings. The molecule has 1 saturated carbocycles. The van der Waals surface area contributed by atoms with Crippen LogP contribution in [0.4, 0.5) is 5.69 Å². The van der Waals surface area contributed by atoms with Crippen molar-refractivity contribution in [2.24, 2.45) is 0 Å². The van der Waals surface area contributed by atoms with E-state index in [0.717, 1.165) is 43.0 Å². The number of rotatable bonds is 4. The summed E-state index contributed by atoms with van der Waals surface area (Å²) in [5.74, 6) is 0. The smallest absolute Gasteiger partial charge is 0.0715 e. The lowest BCUT2D eigenvalue weighted by atomic mass is 10.1. The number of piperidine rings is 1. The fourth-order valence-electron chi connectivity index (χ4n) is 2.70. The molecule has 2 N–H and O–H groups in total. The second-order valence-electron chi connectivity index (χ2n) is 5.67. The minimum atomic E-state index is -0.183. The Hall–Kier alpha value is -0.580. The Labute approximate surface area is 123 Å². The summed E-state index contributed by atoms with van der Waals surface area (Å²) in [5, 5.41) is 13.4. The van der Waals surface area contributed by atoms with Crippen LogP contribution in [0.3, 0.4) is 0 Å². The van der Waals surface area contributed by atoms with Crippen molar-refractivity contribution in [1.82, 2.24) is 5.32 Å². The van der Waals surface area contributed by atoms with Crippen molar-refractivity contribution in [2.75, 3.05) is 18.0 Å². The lowest BCUT2D eigenvalue weighted by molar-refractivity contribution is 0.154. The highest BCUT2D eigenvalue weighted by Gasteiger charge is 2.23. The highest BCUT2D eigenvalue weighted by Crippen LogP contribution is 2.29. The highest BCUT2D eigenvalue weighted by atomic mass is 79.9. The lowest BCUT2D eigenvalue weighted by Crippen LogP contribution is -2.39. The van der Waals surface area contributed by atoms with Gasteiger partial charge in [-0.15, -0.1) is 0 Å². The van der Waals surface area contributed by atoms with E-state index in [1.807, 2.05) is 0 Å². The Morgan fingerprint density at radius 2 is 2.16 bits per heavy atom. The number of hydrogen-bond acceptors (Lipinski definition) is 3. The fourth-order valence-corrected chi connectivity index (χ4v) is 3.05. The average Bonchev–Trinajstić information content (AvgIpc) is 3.21. The van der Waals surface area contributed by atoms with Gasteiger partial charge in [0.2, 0.25) is 0 Å².